The van der Waals surface area contributed by atoms with Crippen molar-refractivity contribution >= 4 is 22.8 Å². The number of fused-ring (bicyclic) bond motifs is 1. The van der Waals surface area contributed by atoms with Crippen LogP contribution < -0.4 is 0 Å². The number of benzene rings is 1. The van der Waals surface area contributed by atoms with Gasteiger partial charge in [-0.15, -0.1) is 0 Å². The molecule has 2 aromatic heterocycles. The van der Waals surface area contributed by atoms with Crippen LogP contribution in [0, 0.1) is 18.3 Å². The average molecular weight is 280 g/mol. The number of hydrogen-bond donors (Lipinski definition) is 1. The van der Waals surface area contributed by atoms with Crippen LogP contribution in [0.25, 0.3) is 11.0 Å². The maximum Gasteiger partial charge on any atom is 0.117 e. The van der Waals surface area contributed by atoms with Gasteiger partial charge in [-0.1, -0.05) is 23.9 Å². The smallest absolute Gasteiger partial charge is 0.117 e. The molecule has 3 rings (SSSR count). The lowest BCUT2D eigenvalue weighted by atomic mass is 10.3. The summed E-state index contributed by atoms with van der Waals surface area (Å²) < 4.78 is 0. The molecule has 2 heterocycles. The lowest BCUT2D eigenvalue weighted by Crippen LogP contribution is -1.91. The van der Waals surface area contributed by atoms with Crippen molar-refractivity contribution in [1.29, 1.82) is 5.26 Å². The molecule has 0 aliphatic carbocycles. The molecule has 0 radical (unpaired) electrons. The molecular formula is C15H12N4S. The Morgan fingerprint density at radius 3 is 2.85 bits per heavy atom. The average Bonchev–Trinajstić information content (AvgIpc) is 2.88. The molecule has 4 nitrogen and oxygen atoms in total. The van der Waals surface area contributed by atoms with E-state index in [0.717, 1.165) is 27.6 Å². The predicted octanol–water partition coefficient (Wildman–Crippen LogP) is 3.43. The molecule has 0 amide bonds. The van der Waals surface area contributed by atoms with Gasteiger partial charge in [0.05, 0.1) is 22.3 Å². The van der Waals surface area contributed by atoms with Crippen molar-refractivity contribution in [3.05, 3.63) is 53.5 Å². The van der Waals surface area contributed by atoms with E-state index in [1.807, 2.05) is 43.3 Å². The number of nitrogens with zero attached hydrogens (tertiary/aromatic N) is 3. The van der Waals surface area contributed by atoms with Gasteiger partial charge in [0.15, 0.2) is 0 Å². The van der Waals surface area contributed by atoms with Crippen LogP contribution in [-0.2, 0) is 5.75 Å². The van der Waals surface area contributed by atoms with Crippen LogP contribution >= 0.6 is 11.8 Å². The fraction of sp³-hybridized carbons (Fsp3) is 0.133. The standard InChI is InChI=1S/C15H12N4S/c1-10-6-7-11(8-16)15(17-10)20-9-14-18-12-4-2-3-5-13(12)19-14/h2-7H,9H2,1H3,(H,18,19). The second-order valence-electron chi connectivity index (χ2n) is 4.41. The number of aromatic nitrogens is 3. The third-order valence-electron chi connectivity index (χ3n) is 2.90. The van der Waals surface area contributed by atoms with Crippen molar-refractivity contribution in [3.8, 4) is 6.07 Å². The number of pyridine rings is 1. The summed E-state index contributed by atoms with van der Waals surface area (Å²) >= 11 is 1.53. The Morgan fingerprint density at radius 1 is 1.20 bits per heavy atom. The van der Waals surface area contributed by atoms with Gasteiger partial charge in [-0.2, -0.15) is 5.26 Å². The zero-order valence-corrected chi connectivity index (χ0v) is 11.7. The Morgan fingerprint density at radius 2 is 2.05 bits per heavy atom. The first-order valence-corrected chi connectivity index (χ1v) is 7.19. The lowest BCUT2D eigenvalue weighted by molar-refractivity contribution is 1.04. The van der Waals surface area contributed by atoms with E-state index in [0.29, 0.717) is 11.3 Å². The summed E-state index contributed by atoms with van der Waals surface area (Å²) in [7, 11) is 0. The van der Waals surface area contributed by atoms with Gasteiger partial charge in [0.1, 0.15) is 16.9 Å². The highest BCUT2D eigenvalue weighted by molar-refractivity contribution is 7.98. The molecule has 0 atom stereocenters. The zero-order valence-electron chi connectivity index (χ0n) is 10.9. The molecular weight excluding hydrogens is 268 g/mol. The van der Waals surface area contributed by atoms with E-state index >= 15 is 0 Å². The Labute approximate surface area is 120 Å². The summed E-state index contributed by atoms with van der Waals surface area (Å²) in [6.45, 7) is 1.92. The topological polar surface area (TPSA) is 65.4 Å². The first-order valence-electron chi connectivity index (χ1n) is 6.20. The number of H-pyrrole nitrogens is 1. The largest absolute Gasteiger partial charge is 0.341 e. The second-order valence-corrected chi connectivity index (χ2v) is 5.37. The number of aryl methyl sites for hydroxylation is 1. The van der Waals surface area contributed by atoms with Gasteiger partial charge < -0.3 is 4.98 Å². The lowest BCUT2D eigenvalue weighted by Gasteiger charge is -2.02. The molecule has 3 aromatic rings. The molecule has 0 bridgehead atoms. The molecule has 0 spiro atoms. The van der Waals surface area contributed by atoms with E-state index in [1.165, 1.54) is 11.8 Å². The minimum absolute atomic E-state index is 0.608. The van der Waals surface area contributed by atoms with Gasteiger partial charge in [0.25, 0.3) is 0 Å². The van der Waals surface area contributed by atoms with Gasteiger partial charge in [0.2, 0.25) is 0 Å². The van der Waals surface area contributed by atoms with Crippen LogP contribution in [0.1, 0.15) is 17.1 Å². The summed E-state index contributed by atoms with van der Waals surface area (Å²) in [5.74, 6) is 1.56. The third kappa shape index (κ3) is 2.51. The normalized spacial score (nSPS) is 10.6. The van der Waals surface area contributed by atoms with Gasteiger partial charge >= 0.3 is 0 Å². The summed E-state index contributed by atoms with van der Waals surface area (Å²) in [6, 6.07) is 13.8. The molecule has 0 unspecified atom stereocenters. The van der Waals surface area contributed by atoms with Crippen LogP contribution in [-0.4, -0.2) is 15.0 Å². The zero-order chi connectivity index (χ0) is 13.9. The summed E-state index contributed by atoms with van der Waals surface area (Å²) in [5.41, 5.74) is 3.51. The van der Waals surface area contributed by atoms with Gasteiger partial charge in [0, 0.05) is 5.69 Å². The van der Waals surface area contributed by atoms with E-state index in [4.69, 9.17) is 5.26 Å². The van der Waals surface area contributed by atoms with Crippen molar-refractivity contribution in [2.75, 3.05) is 0 Å². The molecule has 0 fully saturated rings. The van der Waals surface area contributed by atoms with Gasteiger partial charge in [-0.05, 0) is 31.2 Å². The minimum Gasteiger partial charge on any atom is -0.341 e. The summed E-state index contributed by atoms with van der Waals surface area (Å²) in [6.07, 6.45) is 0. The maximum atomic E-state index is 9.09. The van der Waals surface area contributed by atoms with Crippen molar-refractivity contribution < 1.29 is 0 Å². The highest BCUT2D eigenvalue weighted by Crippen LogP contribution is 2.24. The van der Waals surface area contributed by atoms with E-state index < -0.39 is 0 Å². The predicted molar refractivity (Wildman–Crippen MR) is 79.3 cm³/mol. The van der Waals surface area contributed by atoms with Crippen LogP contribution in [0.15, 0.2) is 41.4 Å². The summed E-state index contributed by atoms with van der Waals surface area (Å²) in [4.78, 5) is 12.2. The van der Waals surface area contributed by atoms with Crippen molar-refractivity contribution in [2.45, 2.75) is 17.7 Å². The number of hydrogen-bond acceptors (Lipinski definition) is 4. The molecule has 5 heteroatoms. The molecule has 1 aromatic carbocycles. The molecule has 0 saturated heterocycles. The van der Waals surface area contributed by atoms with Crippen LogP contribution in [0.5, 0.6) is 0 Å². The van der Waals surface area contributed by atoms with E-state index in [9.17, 15) is 0 Å². The Bertz CT molecular complexity index is 768. The Hall–Kier alpha value is -2.32. The van der Waals surface area contributed by atoms with Gasteiger partial charge in [-0.25, -0.2) is 9.97 Å². The quantitative estimate of drug-likeness (QED) is 0.746. The molecule has 0 aliphatic rings. The first-order chi connectivity index (χ1) is 9.76. The van der Waals surface area contributed by atoms with Gasteiger partial charge in [-0.3, -0.25) is 0 Å². The van der Waals surface area contributed by atoms with Crippen LogP contribution in [0.4, 0.5) is 0 Å². The molecule has 1 N–H and O–H groups in total. The highest BCUT2D eigenvalue weighted by Gasteiger charge is 2.07. The molecule has 98 valence electrons. The highest BCUT2D eigenvalue weighted by atomic mass is 32.2. The Balaban J connectivity index is 1.83. The fourth-order valence-electron chi connectivity index (χ4n) is 1.94. The van der Waals surface area contributed by atoms with Crippen LogP contribution in [0.2, 0.25) is 0 Å². The second kappa shape index (κ2) is 5.35. The number of nitrogens with one attached hydrogen (secondary N) is 1. The number of rotatable bonds is 3. The summed E-state index contributed by atoms with van der Waals surface area (Å²) in [5, 5.41) is 9.85. The van der Waals surface area contributed by atoms with Crippen molar-refractivity contribution in [2.24, 2.45) is 0 Å². The van der Waals surface area contributed by atoms with Crippen molar-refractivity contribution in [1.82, 2.24) is 15.0 Å². The number of imidazole rings is 1. The number of thioether (sulfide) groups is 1. The van der Waals surface area contributed by atoms with Crippen LogP contribution in [0.3, 0.4) is 0 Å². The third-order valence-corrected chi connectivity index (χ3v) is 3.91. The minimum atomic E-state index is 0.608. The number of nitriles is 1. The Kier molecular flexibility index (Phi) is 3.40. The maximum absolute atomic E-state index is 9.09. The SMILES string of the molecule is Cc1ccc(C#N)c(SCc2nc3ccccc3[nH]2)n1. The first kappa shape index (κ1) is 12.7. The van der Waals surface area contributed by atoms with E-state index in [2.05, 4.69) is 21.0 Å². The van der Waals surface area contributed by atoms with E-state index in [1.54, 1.807) is 0 Å². The fourth-order valence-corrected chi connectivity index (χ4v) is 2.83. The molecule has 0 saturated carbocycles. The van der Waals surface area contributed by atoms with Crippen molar-refractivity contribution in [3.63, 3.8) is 0 Å². The molecule has 20 heavy (non-hydrogen) atoms. The monoisotopic (exact) mass is 280 g/mol. The van der Waals surface area contributed by atoms with E-state index in [-0.39, 0.29) is 0 Å². The number of para-hydroxylation sites is 2. The number of aromatic amines is 1. The molecule has 0 aliphatic heterocycles.